The topological polar surface area (TPSA) is 29.1 Å². The second-order valence-corrected chi connectivity index (χ2v) is 5.99. The fourth-order valence-corrected chi connectivity index (χ4v) is 2.89. The fourth-order valence-electron chi connectivity index (χ4n) is 2.39. The maximum Gasteiger partial charge on any atom is 0.248 e. The van der Waals surface area contributed by atoms with E-state index < -0.39 is 17.5 Å². The van der Waals surface area contributed by atoms with E-state index >= 15 is 0 Å². The van der Waals surface area contributed by atoms with Crippen molar-refractivity contribution in [3.63, 3.8) is 0 Å². The molecule has 24 heavy (non-hydrogen) atoms. The number of carbonyl (C=O) groups excluding carboxylic acids is 1. The summed E-state index contributed by atoms with van der Waals surface area (Å²) in [5.74, 6) is -2.06. The predicted octanol–water partition coefficient (Wildman–Crippen LogP) is 5.53. The van der Waals surface area contributed by atoms with Gasteiger partial charge in [0.2, 0.25) is 5.91 Å². The minimum absolute atomic E-state index is 0.0935. The Labute approximate surface area is 145 Å². The van der Waals surface area contributed by atoms with Crippen LogP contribution in [0.25, 0.3) is 16.8 Å². The largest absolute Gasteiger partial charge is 0.319 e. The van der Waals surface area contributed by atoms with Gasteiger partial charge in [-0.2, -0.15) is 0 Å². The van der Waals surface area contributed by atoms with Crippen LogP contribution in [0.1, 0.15) is 5.56 Å². The first-order valence-electron chi connectivity index (χ1n) is 7.16. The van der Waals surface area contributed by atoms with Gasteiger partial charge in [-0.25, -0.2) is 8.78 Å². The Morgan fingerprint density at radius 2 is 1.79 bits per heavy atom. The van der Waals surface area contributed by atoms with Crippen LogP contribution in [-0.4, -0.2) is 5.91 Å². The highest BCUT2D eigenvalue weighted by Gasteiger charge is 2.11. The minimum atomic E-state index is -0.839. The fraction of sp³-hybridized carbons (Fsp3) is 0. The predicted molar refractivity (Wildman–Crippen MR) is 95.7 cm³/mol. The average molecular weight is 388 g/mol. The molecular formula is C19H12BrF2NO. The van der Waals surface area contributed by atoms with Gasteiger partial charge in [-0.1, -0.05) is 42.5 Å². The smallest absolute Gasteiger partial charge is 0.248 e. The summed E-state index contributed by atoms with van der Waals surface area (Å²) in [5.41, 5.74) is 0.783. The van der Waals surface area contributed by atoms with Gasteiger partial charge in [-0.3, -0.25) is 4.79 Å². The van der Waals surface area contributed by atoms with Crippen molar-refractivity contribution in [2.45, 2.75) is 0 Å². The lowest BCUT2D eigenvalue weighted by molar-refractivity contribution is -0.111. The highest BCUT2D eigenvalue weighted by molar-refractivity contribution is 9.10. The summed E-state index contributed by atoms with van der Waals surface area (Å²) in [6.07, 6.45) is 2.98. The zero-order valence-electron chi connectivity index (χ0n) is 12.4. The van der Waals surface area contributed by atoms with Crippen molar-refractivity contribution >= 4 is 44.4 Å². The first-order valence-corrected chi connectivity index (χ1v) is 7.95. The molecule has 0 aliphatic rings. The molecule has 3 aromatic rings. The molecule has 120 valence electrons. The molecule has 0 spiro atoms. The van der Waals surface area contributed by atoms with Crippen molar-refractivity contribution in [3.8, 4) is 0 Å². The normalized spacial score (nSPS) is 11.1. The highest BCUT2D eigenvalue weighted by atomic mass is 79.9. The van der Waals surface area contributed by atoms with Gasteiger partial charge in [-0.15, -0.1) is 0 Å². The summed E-state index contributed by atoms with van der Waals surface area (Å²) >= 11 is 3.04. The van der Waals surface area contributed by atoms with E-state index in [2.05, 4.69) is 21.2 Å². The highest BCUT2D eigenvalue weighted by Crippen LogP contribution is 2.27. The van der Waals surface area contributed by atoms with Crippen LogP contribution in [0.15, 0.2) is 65.1 Å². The summed E-state index contributed by atoms with van der Waals surface area (Å²) in [4.78, 5) is 12.0. The summed E-state index contributed by atoms with van der Waals surface area (Å²) in [6.45, 7) is 0. The van der Waals surface area contributed by atoms with Gasteiger partial charge in [0.1, 0.15) is 5.82 Å². The molecule has 0 aromatic heterocycles. The lowest BCUT2D eigenvalue weighted by Crippen LogP contribution is -2.10. The monoisotopic (exact) mass is 387 g/mol. The van der Waals surface area contributed by atoms with Gasteiger partial charge in [0.25, 0.3) is 0 Å². The third-order valence-electron chi connectivity index (χ3n) is 3.49. The number of hydrogen-bond acceptors (Lipinski definition) is 1. The number of amides is 1. The second kappa shape index (κ2) is 6.93. The molecule has 0 fully saturated rings. The van der Waals surface area contributed by atoms with Gasteiger partial charge in [-0.05, 0) is 44.4 Å². The number of halogens is 3. The maximum atomic E-state index is 13.7. The third-order valence-corrected chi connectivity index (χ3v) is 4.12. The van der Waals surface area contributed by atoms with Gasteiger partial charge in [0.05, 0.1) is 5.69 Å². The summed E-state index contributed by atoms with van der Waals surface area (Å²) < 4.78 is 26.9. The first-order chi connectivity index (χ1) is 11.5. The molecule has 3 rings (SSSR count). The number of hydrogen-bond donors (Lipinski definition) is 1. The molecule has 0 unspecified atom stereocenters. The van der Waals surface area contributed by atoms with Crippen molar-refractivity contribution < 1.29 is 13.6 Å². The average Bonchev–Trinajstić information content (AvgIpc) is 2.56. The van der Waals surface area contributed by atoms with Crippen molar-refractivity contribution in [2.75, 3.05) is 5.32 Å². The third kappa shape index (κ3) is 3.51. The maximum absolute atomic E-state index is 13.7. The summed E-state index contributed by atoms with van der Waals surface area (Å²) in [7, 11) is 0. The van der Waals surface area contributed by atoms with Crippen LogP contribution >= 0.6 is 15.9 Å². The molecule has 0 aliphatic heterocycles. The van der Waals surface area contributed by atoms with Crippen LogP contribution in [0.2, 0.25) is 0 Å². The standard InChI is InChI=1S/C19H12BrF2NO/c20-16-10-14(21)11-17(22)19(16)23-18(24)9-8-13-6-3-5-12-4-1-2-7-15(12)13/h1-11H,(H,23,24). The van der Waals surface area contributed by atoms with Crippen LogP contribution in [0.5, 0.6) is 0 Å². The molecule has 0 saturated carbocycles. The Morgan fingerprint density at radius 3 is 2.58 bits per heavy atom. The van der Waals surface area contributed by atoms with Crippen LogP contribution in [0, 0.1) is 11.6 Å². The van der Waals surface area contributed by atoms with Crippen molar-refractivity contribution in [1.82, 2.24) is 0 Å². The molecule has 0 aliphatic carbocycles. The van der Waals surface area contributed by atoms with E-state index in [-0.39, 0.29) is 10.2 Å². The van der Waals surface area contributed by atoms with Gasteiger partial charge < -0.3 is 5.32 Å². The molecule has 2 nitrogen and oxygen atoms in total. The van der Waals surface area contributed by atoms with Crippen molar-refractivity contribution in [2.24, 2.45) is 0 Å². The van der Waals surface area contributed by atoms with Crippen molar-refractivity contribution in [3.05, 3.63) is 82.3 Å². The zero-order chi connectivity index (χ0) is 17.1. The van der Waals surface area contributed by atoms with Gasteiger partial charge >= 0.3 is 0 Å². The molecule has 0 radical (unpaired) electrons. The number of anilines is 1. The van der Waals surface area contributed by atoms with Crippen LogP contribution in [0.4, 0.5) is 14.5 Å². The second-order valence-electron chi connectivity index (χ2n) is 5.14. The summed E-state index contributed by atoms with van der Waals surface area (Å²) in [6, 6.07) is 15.4. The zero-order valence-corrected chi connectivity index (χ0v) is 14.0. The van der Waals surface area contributed by atoms with E-state index in [1.807, 2.05) is 42.5 Å². The molecule has 0 bridgehead atoms. The van der Waals surface area contributed by atoms with Crippen molar-refractivity contribution in [1.29, 1.82) is 0 Å². The van der Waals surface area contributed by atoms with E-state index in [0.29, 0.717) is 0 Å². The SMILES string of the molecule is O=C(C=Cc1cccc2ccccc12)Nc1c(F)cc(F)cc1Br. The number of carbonyl (C=O) groups is 1. The Bertz CT molecular complexity index is 925. The van der Waals surface area contributed by atoms with Gasteiger partial charge in [0, 0.05) is 16.6 Å². The molecular weight excluding hydrogens is 376 g/mol. The Morgan fingerprint density at radius 1 is 1.04 bits per heavy atom. The molecule has 0 saturated heterocycles. The Balaban J connectivity index is 1.83. The Hall–Kier alpha value is -2.53. The van der Waals surface area contributed by atoms with E-state index in [1.165, 1.54) is 6.08 Å². The number of rotatable bonds is 3. The van der Waals surface area contributed by atoms with Crippen LogP contribution in [-0.2, 0) is 4.79 Å². The molecule has 5 heteroatoms. The Kier molecular flexibility index (Phi) is 4.71. The van der Waals surface area contributed by atoms with Crippen LogP contribution < -0.4 is 5.32 Å². The van der Waals surface area contributed by atoms with E-state index in [4.69, 9.17) is 0 Å². The minimum Gasteiger partial charge on any atom is -0.319 e. The molecule has 1 amide bonds. The van der Waals surface area contributed by atoms with Gasteiger partial charge in [0.15, 0.2) is 5.82 Å². The van der Waals surface area contributed by atoms with E-state index in [0.717, 1.165) is 28.5 Å². The number of benzene rings is 3. The number of nitrogens with one attached hydrogen (secondary N) is 1. The lowest BCUT2D eigenvalue weighted by atomic mass is 10.0. The molecule has 1 N–H and O–H groups in total. The number of fused-ring (bicyclic) bond motifs is 1. The molecule has 3 aromatic carbocycles. The van der Waals surface area contributed by atoms with E-state index in [9.17, 15) is 13.6 Å². The first kappa shape index (κ1) is 16.3. The molecule has 0 atom stereocenters. The van der Waals surface area contributed by atoms with Crippen LogP contribution in [0.3, 0.4) is 0 Å². The lowest BCUT2D eigenvalue weighted by Gasteiger charge is -2.07. The molecule has 0 heterocycles. The quantitative estimate of drug-likeness (QED) is 0.587. The van der Waals surface area contributed by atoms with E-state index in [1.54, 1.807) is 6.08 Å². The summed E-state index contributed by atoms with van der Waals surface area (Å²) in [5, 5.41) is 4.48.